The van der Waals surface area contributed by atoms with Gasteiger partial charge in [0.05, 0.1) is 10.7 Å². The number of hydrogen-bond donors (Lipinski definition) is 1. The standard InChI is InChI=1S/C16H13Cl4NO2S2/c1-9(24)21-16(13-5-4-12(18)7-15(13)20)25(22,23)8-10-2-3-11(17)6-14(10)19/h2-7,16H,8H2,1H3,(H,21,24)/t16-/m0/s1. The van der Waals surface area contributed by atoms with E-state index >= 15 is 0 Å². The van der Waals surface area contributed by atoms with Crippen LogP contribution in [0.5, 0.6) is 0 Å². The number of rotatable bonds is 5. The third-order valence-corrected chi connectivity index (χ3v) is 6.38. The van der Waals surface area contributed by atoms with Gasteiger partial charge in [-0.05, 0) is 36.8 Å². The van der Waals surface area contributed by atoms with E-state index in [0.29, 0.717) is 26.2 Å². The number of sulfone groups is 1. The molecule has 25 heavy (non-hydrogen) atoms. The largest absolute Gasteiger partial charge is 0.360 e. The molecule has 0 aromatic heterocycles. The van der Waals surface area contributed by atoms with Crippen LogP contribution in [0.3, 0.4) is 0 Å². The van der Waals surface area contributed by atoms with Crippen LogP contribution in [0.2, 0.25) is 20.1 Å². The summed E-state index contributed by atoms with van der Waals surface area (Å²) in [6.07, 6.45) is 0. The van der Waals surface area contributed by atoms with Crippen LogP contribution in [0.1, 0.15) is 23.4 Å². The molecular formula is C16H13Cl4NO2S2. The first kappa shape index (κ1) is 20.7. The molecule has 1 N–H and O–H groups in total. The molecule has 9 heteroatoms. The maximum atomic E-state index is 13.0. The molecule has 0 saturated carbocycles. The van der Waals surface area contributed by atoms with Crippen LogP contribution < -0.4 is 5.32 Å². The Balaban J connectivity index is 2.46. The highest BCUT2D eigenvalue weighted by molar-refractivity contribution is 7.91. The fourth-order valence-electron chi connectivity index (χ4n) is 2.20. The van der Waals surface area contributed by atoms with Crippen LogP contribution >= 0.6 is 58.6 Å². The monoisotopic (exact) mass is 455 g/mol. The Hall–Kier alpha value is -0.560. The fraction of sp³-hybridized carbons (Fsp3) is 0.188. The molecule has 0 aliphatic heterocycles. The highest BCUT2D eigenvalue weighted by Gasteiger charge is 2.30. The highest BCUT2D eigenvalue weighted by Crippen LogP contribution is 2.33. The first-order valence-electron chi connectivity index (χ1n) is 6.97. The van der Waals surface area contributed by atoms with Crippen LogP contribution in [-0.4, -0.2) is 13.4 Å². The van der Waals surface area contributed by atoms with Crippen molar-refractivity contribution in [3.05, 3.63) is 67.6 Å². The number of nitrogens with one attached hydrogen (secondary N) is 1. The lowest BCUT2D eigenvalue weighted by Gasteiger charge is -2.21. The molecule has 0 radical (unpaired) electrons. The van der Waals surface area contributed by atoms with Crippen LogP contribution in [0.15, 0.2) is 36.4 Å². The molecule has 3 nitrogen and oxygen atoms in total. The average molecular weight is 457 g/mol. The molecular weight excluding hydrogens is 444 g/mol. The lowest BCUT2D eigenvalue weighted by Crippen LogP contribution is -2.32. The van der Waals surface area contributed by atoms with E-state index in [-0.39, 0.29) is 15.8 Å². The van der Waals surface area contributed by atoms with Gasteiger partial charge in [0.15, 0.2) is 15.2 Å². The van der Waals surface area contributed by atoms with E-state index in [0.717, 1.165) is 0 Å². The Labute approximate surface area is 172 Å². The fourth-order valence-corrected chi connectivity index (χ4v) is 5.33. The third-order valence-electron chi connectivity index (χ3n) is 3.31. The minimum Gasteiger partial charge on any atom is -0.360 e. The zero-order valence-corrected chi connectivity index (χ0v) is 17.6. The van der Waals surface area contributed by atoms with E-state index < -0.39 is 15.2 Å². The number of halogens is 4. The van der Waals surface area contributed by atoms with Gasteiger partial charge in [-0.3, -0.25) is 0 Å². The second-order valence-corrected chi connectivity index (χ2v) is 9.67. The van der Waals surface area contributed by atoms with Gasteiger partial charge in [-0.2, -0.15) is 0 Å². The minimum atomic E-state index is -3.75. The summed E-state index contributed by atoms with van der Waals surface area (Å²) in [5.74, 6) is -0.303. The molecule has 2 rings (SSSR count). The van der Waals surface area contributed by atoms with Crippen molar-refractivity contribution in [2.45, 2.75) is 18.1 Å². The predicted molar refractivity (Wildman–Crippen MR) is 110 cm³/mol. The molecule has 1 atom stereocenters. The first-order valence-corrected chi connectivity index (χ1v) is 10.6. The Bertz CT molecular complexity index is 916. The molecule has 0 saturated heterocycles. The maximum absolute atomic E-state index is 13.0. The molecule has 134 valence electrons. The summed E-state index contributed by atoms with van der Waals surface area (Å²) in [7, 11) is -3.75. The van der Waals surface area contributed by atoms with Gasteiger partial charge in [-0.1, -0.05) is 70.8 Å². The molecule has 0 fully saturated rings. The van der Waals surface area contributed by atoms with Crippen molar-refractivity contribution < 1.29 is 8.42 Å². The van der Waals surface area contributed by atoms with Crippen molar-refractivity contribution in [2.24, 2.45) is 0 Å². The summed E-state index contributed by atoms with van der Waals surface area (Å²) in [6.45, 7) is 1.59. The Kier molecular flexibility index (Phi) is 6.99. The second-order valence-electron chi connectivity index (χ2n) is 5.29. The lowest BCUT2D eigenvalue weighted by molar-refractivity contribution is 0.576. The van der Waals surface area contributed by atoms with Crippen molar-refractivity contribution in [2.75, 3.05) is 0 Å². The van der Waals surface area contributed by atoms with Gasteiger partial charge in [0.1, 0.15) is 0 Å². The van der Waals surface area contributed by atoms with Gasteiger partial charge >= 0.3 is 0 Å². The van der Waals surface area contributed by atoms with E-state index in [1.807, 2.05) is 0 Å². The molecule has 0 aliphatic rings. The van der Waals surface area contributed by atoms with Crippen molar-refractivity contribution in [3.8, 4) is 0 Å². The SMILES string of the molecule is CC(=S)N[C@H](c1ccc(Cl)cc1Cl)S(=O)(=O)Cc1ccc(Cl)cc1Cl. The minimum absolute atomic E-state index is 0.229. The van der Waals surface area contributed by atoms with Gasteiger partial charge in [0.25, 0.3) is 0 Å². The van der Waals surface area contributed by atoms with E-state index in [1.54, 1.807) is 31.2 Å². The van der Waals surface area contributed by atoms with Gasteiger partial charge in [-0.15, -0.1) is 0 Å². The first-order chi connectivity index (χ1) is 11.6. The smallest absolute Gasteiger partial charge is 0.179 e. The topological polar surface area (TPSA) is 46.2 Å². The third kappa shape index (κ3) is 5.46. The van der Waals surface area contributed by atoms with Gasteiger partial charge in [0.2, 0.25) is 0 Å². The van der Waals surface area contributed by atoms with E-state index in [4.69, 9.17) is 58.6 Å². The van der Waals surface area contributed by atoms with Crippen molar-refractivity contribution in [3.63, 3.8) is 0 Å². The quantitative estimate of drug-likeness (QED) is 0.573. The van der Waals surface area contributed by atoms with Crippen LogP contribution in [0.25, 0.3) is 0 Å². The summed E-state index contributed by atoms with van der Waals surface area (Å²) in [5, 5.41) is 3.01. The van der Waals surface area contributed by atoms with Gasteiger partial charge < -0.3 is 5.32 Å². The number of thiocarbonyl (C=S) groups is 1. The normalized spacial score (nSPS) is 12.7. The van der Waals surface area contributed by atoms with Crippen LogP contribution in [0.4, 0.5) is 0 Å². The molecule has 0 unspecified atom stereocenters. The lowest BCUT2D eigenvalue weighted by atomic mass is 10.2. The summed E-state index contributed by atoms with van der Waals surface area (Å²) in [6, 6.07) is 9.27. The number of benzene rings is 2. The maximum Gasteiger partial charge on any atom is 0.179 e. The summed E-state index contributed by atoms with van der Waals surface area (Å²) in [4.78, 5) is 0.321. The summed E-state index contributed by atoms with van der Waals surface area (Å²) in [5.41, 5.74) is 0.797. The molecule has 0 bridgehead atoms. The molecule has 2 aromatic carbocycles. The summed E-state index contributed by atoms with van der Waals surface area (Å²) >= 11 is 29.1. The van der Waals surface area contributed by atoms with Crippen molar-refractivity contribution in [1.82, 2.24) is 5.32 Å². The van der Waals surface area contributed by atoms with E-state index in [9.17, 15) is 8.42 Å². The van der Waals surface area contributed by atoms with Crippen molar-refractivity contribution in [1.29, 1.82) is 0 Å². The van der Waals surface area contributed by atoms with E-state index in [2.05, 4.69) is 5.32 Å². The molecule has 0 heterocycles. The molecule has 2 aromatic rings. The number of hydrogen-bond acceptors (Lipinski definition) is 3. The van der Waals surface area contributed by atoms with Crippen LogP contribution in [0, 0.1) is 0 Å². The van der Waals surface area contributed by atoms with Crippen molar-refractivity contribution >= 4 is 73.4 Å². The highest BCUT2D eigenvalue weighted by atomic mass is 35.5. The molecule has 0 aliphatic carbocycles. The Morgan fingerprint density at radius 3 is 2.12 bits per heavy atom. The Morgan fingerprint density at radius 1 is 1.04 bits per heavy atom. The Morgan fingerprint density at radius 2 is 1.60 bits per heavy atom. The molecule has 0 amide bonds. The zero-order valence-electron chi connectivity index (χ0n) is 12.9. The average Bonchev–Trinajstić information content (AvgIpc) is 2.48. The molecule has 0 spiro atoms. The van der Waals surface area contributed by atoms with Gasteiger partial charge in [0, 0.05) is 25.7 Å². The van der Waals surface area contributed by atoms with Crippen LogP contribution in [-0.2, 0) is 15.6 Å². The summed E-state index contributed by atoms with van der Waals surface area (Å²) < 4.78 is 26.0. The zero-order chi connectivity index (χ0) is 18.8. The second kappa shape index (κ2) is 8.42. The predicted octanol–water partition coefficient (Wildman–Crippen LogP) is 5.85. The van der Waals surface area contributed by atoms with Gasteiger partial charge in [-0.25, -0.2) is 8.42 Å². The van der Waals surface area contributed by atoms with E-state index in [1.165, 1.54) is 12.1 Å².